The van der Waals surface area contributed by atoms with Gasteiger partial charge in [-0.25, -0.2) is 13.1 Å². The molecule has 0 bridgehead atoms. The molecule has 0 spiro atoms. The molecule has 1 saturated carbocycles. The maximum absolute atomic E-state index is 11.9. The standard InChI is InChI=1S/C9H19NO2S/c1-5-9(6-7-9)13(11,12)10-8(2,3)4/h10H,5-7H2,1-4H3. The van der Waals surface area contributed by atoms with Crippen molar-refractivity contribution in [3.63, 3.8) is 0 Å². The van der Waals surface area contributed by atoms with E-state index in [4.69, 9.17) is 0 Å². The molecule has 0 unspecified atom stereocenters. The van der Waals surface area contributed by atoms with E-state index in [0.717, 1.165) is 19.3 Å². The summed E-state index contributed by atoms with van der Waals surface area (Å²) >= 11 is 0. The van der Waals surface area contributed by atoms with Gasteiger partial charge in [-0.05, 0) is 40.0 Å². The SMILES string of the molecule is CCC1(S(=O)(=O)NC(C)(C)C)CC1. The van der Waals surface area contributed by atoms with Crippen molar-refractivity contribution in [1.82, 2.24) is 4.72 Å². The molecule has 0 aliphatic heterocycles. The van der Waals surface area contributed by atoms with Crippen molar-refractivity contribution < 1.29 is 8.42 Å². The highest BCUT2D eigenvalue weighted by Crippen LogP contribution is 2.46. The molecule has 3 nitrogen and oxygen atoms in total. The first kappa shape index (κ1) is 11.0. The maximum Gasteiger partial charge on any atom is 0.217 e. The minimum Gasteiger partial charge on any atom is -0.212 e. The third-order valence-electron chi connectivity index (χ3n) is 2.46. The molecule has 0 radical (unpaired) electrons. The first-order chi connectivity index (χ1) is 5.72. The highest BCUT2D eigenvalue weighted by molar-refractivity contribution is 7.91. The smallest absolute Gasteiger partial charge is 0.212 e. The van der Waals surface area contributed by atoms with E-state index in [1.54, 1.807) is 0 Å². The number of nitrogens with one attached hydrogen (secondary N) is 1. The molecule has 1 N–H and O–H groups in total. The molecule has 0 atom stereocenters. The van der Waals surface area contributed by atoms with E-state index >= 15 is 0 Å². The summed E-state index contributed by atoms with van der Waals surface area (Å²) in [6.45, 7) is 7.55. The van der Waals surface area contributed by atoms with Crippen LogP contribution >= 0.6 is 0 Å². The van der Waals surface area contributed by atoms with Crippen LogP contribution in [0.3, 0.4) is 0 Å². The Morgan fingerprint density at radius 1 is 1.31 bits per heavy atom. The lowest BCUT2D eigenvalue weighted by atomic mass is 10.1. The molecule has 78 valence electrons. The minimum atomic E-state index is -3.11. The summed E-state index contributed by atoms with van der Waals surface area (Å²) in [6.07, 6.45) is 2.35. The summed E-state index contributed by atoms with van der Waals surface area (Å²) < 4.78 is 26.0. The van der Waals surface area contributed by atoms with Gasteiger partial charge in [-0.3, -0.25) is 0 Å². The molecule has 13 heavy (non-hydrogen) atoms. The van der Waals surface area contributed by atoms with Gasteiger partial charge in [0, 0.05) is 5.54 Å². The molecule has 0 heterocycles. The summed E-state index contributed by atoms with van der Waals surface area (Å²) in [4.78, 5) is 0. The molecule has 1 aliphatic rings. The average molecular weight is 205 g/mol. The molecule has 0 aromatic carbocycles. The van der Waals surface area contributed by atoms with Crippen LogP contribution < -0.4 is 4.72 Å². The van der Waals surface area contributed by atoms with Crippen molar-refractivity contribution in [1.29, 1.82) is 0 Å². The van der Waals surface area contributed by atoms with Crippen molar-refractivity contribution in [2.45, 2.75) is 57.2 Å². The van der Waals surface area contributed by atoms with E-state index in [9.17, 15) is 8.42 Å². The molecular weight excluding hydrogens is 186 g/mol. The van der Waals surface area contributed by atoms with Gasteiger partial charge in [0.25, 0.3) is 0 Å². The van der Waals surface area contributed by atoms with E-state index in [0.29, 0.717) is 0 Å². The minimum absolute atomic E-state index is 0.358. The topological polar surface area (TPSA) is 46.2 Å². The largest absolute Gasteiger partial charge is 0.217 e. The van der Waals surface area contributed by atoms with Crippen LogP contribution in [0.5, 0.6) is 0 Å². The van der Waals surface area contributed by atoms with Gasteiger partial charge in [-0.2, -0.15) is 0 Å². The van der Waals surface area contributed by atoms with Crippen LogP contribution in [0, 0.1) is 0 Å². The molecular formula is C9H19NO2S. The Bertz CT molecular complexity index is 283. The van der Waals surface area contributed by atoms with E-state index in [2.05, 4.69) is 4.72 Å². The fourth-order valence-electron chi connectivity index (χ4n) is 1.46. The highest BCUT2D eigenvalue weighted by Gasteiger charge is 2.53. The summed E-state index contributed by atoms with van der Waals surface area (Å²) in [7, 11) is -3.11. The second-order valence-corrected chi connectivity index (χ2v) is 6.97. The first-order valence-electron chi connectivity index (χ1n) is 4.76. The Kier molecular flexibility index (Phi) is 2.50. The fourth-order valence-corrected chi connectivity index (χ4v) is 3.51. The van der Waals surface area contributed by atoms with Crippen LogP contribution in [0.25, 0.3) is 0 Å². The van der Waals surface area contributed by atoms with Gasteiger partial charge in [0.15, 0.2) is 0 Å². The summed E-state index contributed by atoms with van der Waals surface area (Å²) in [5.74, 6) is 0. The van der Waals surface area contributed by atoms with Crippen LogP contribution in [0.2, 0.25) is 0 Å². The summed E-state index contributed by atoms with van der Waals surface area (Å²) in [5.41, 5.74) is -0.358. The Labute approximate surface area is 81.0 Å². The number of hydrogen-bond donors (Lipinski definition) is 1. The predicted molar refractivity (Wildman–Crippen MR) is 54.1 cm³/mol. The third kappa shape index (κ3) is 2.23. The predicted octanol–water partition coefficient (Wildman–Crippen LogP) is 1.65. The second-order valence-electron chi connectivity index (χ2n) is 4.89. The van der Waals surface area contributed by atoms with Crippen molar-refractivity contribution in [3.05, 3.63) is 0 Å². The summed E-state index contributed by atoms with van der Waals surface area (Å²) in [6, 6.07) is 0. The normalized spacial score (nSPS) is 21.5. The lowest BCUT2D eigenvalue weighted by Gasteiger charge is -2.24. The molecule has 0 aromatic heterocycles. The molecule has 0 saturated heterocycles. The van der Waals surface area contributed by atoms with Gasteiger partial charge >= 0.3 is 0 Å². The van der Waals surface area contributed by atoms with Gasteiger partial charge < -0.3 is 0 Å². The highest BCUT2D eigenvalue weighted by atomic mass is 32.2. The van der Waals surface area contributed by atoms with E-state index in [1.807, 2.05) is 27.7 Å². The van der Waals surface area contributed by atoms with Crippen LogP contribution in [0.4, 0.5) is 0 Å². The zero-order valence-corrected chi connectivity index (χ0v) is 9.66. The van der Waals surface area contributed by atoms with Gasteiger partial charge in [0.1, 0.15) is 0 Å². The number of rotatable bonds is 3. The van der Waals surface area contributed by atoms with Crippen LogP contribution in [-0.4, -0.2) is 18.7 Å². The first-order valence-corrected chi connectivity index (χ1v) is 6.24. The number of hydrogen-bond acceptors (Lipinski definition) is 2. The van der Waals surface area contributed by atoms with Crippen molar-refractivity contribution >= 4 is 10.0 Å². The van der Waals surface area contributed by atoms with Crippen molar-refractivity contribution in [2.24, 2.45) is 0 Å². The van der Waals surface area contributed by atoms with E-state index < -0.39 is 14.8 Å². The molecule has 0 amide bonds. The molecule has 1 aliphatic carbocycles. The zero-order chi connectivity index (χ0) is 10.3. The van der Waals surface area contributed by atoms with Gasteiger partial charge in [0.2, 0.25) is 10.0 Å². The Hall–Kier alpha value is -0.0900. The Morgan fingerprint density at radius 3 is 2.00 bits per heavy atom. The van der Waals surface area contributed by atoms with Crippen LogP contribution in [0.15, 0.2) is 0 Å². The monoisotopic (exact) mass is 205 g/mol. The lowest BCUT2D eigenvalue weighted by molar-refractivity contribution is 0.480. The zero-order valence-electron chi connectivity index (χ0n) is 8.85. The van der Waals surface area contributed by atoms with Crippen LogP contribution in [-0.2, 0) is 10.0 Å². The Balaban J connectivity index is 2.79. The maximum atomic E-state index is 11.9. The van der Waals surface area contributed by atoms with Crippen molar-refractivity contribution in [3.8, 4) is 0 Å². The quantitative estimate of drug-likeness (QED) is 0.761. The molecule has 0 aromatic rings. The molecule has 4 heteroatoms. The summed E-state index contributed by atoms with van der Waals surface area (Å²) in [5, 5.41) is 0. The molecule has 1 fully saturated rings. The molecule has 1 rings (SSSR count). The van der Waals surface area contributed by atoms with Crippen molar-refractivity contribution in [2.75, 3.05) is 0 Å². The Morgan fingerprint density at radius 2 is 1.77 bits per heavy atom. The van der Waals surface area contributed by atoms with Gasteiger partial charge in [-0.15, -0.1) is 0 Å². The van der Waals surface area contributed by atoms with Gasteiger partial charge in [0.05, 0.1) is 4.75 Å². The lowest BCUT2D eigenvalue weighted by Crippen LogP contribution is -2.46. The van der Waals surface area contributed by atoms with E-state index in [1.165, 1.54) is 0 Å². The fraction of sp³-hybridized carbons (Fsp3) is 1.00. The average Bonchev–Trinajstić information content (AvgIpc) is 2.59. The van der Waals surface area contributed by atoms with E-state index in [-0.39, 0.29) is 5.54 Å². The third-order valence-corrected chi connectivity index (χ3v) is 5.18. The number of sulfonamides is 1. The van der Waals surface area contributed by atoms with Crippen LogP contribution in [0.1, 0.15) is 47.0 Å². The second kappa shape index (κ2) is 2.95. The van der Waals surface area contributed by atoms with Gasteiger partial charge in [-0.1, -0.05) is 6.92 Å².